The van der Waals surface area contributed by atoms with E-state index in [9.17, 15) is 4.79 Å². The summed E-state index contributed by atoms with van der Waals surface area (Å²) in [5.74, 6) is 1.11. The molecule has 0 spiro atoms. The molecule has 25 heavy (non-hydrogen) atoms. The predicted octanol–water partition coefficient (Wildman–Crippen LogP) is 3.54. The first kappa shape index (κ1) is 17.7. The molecule has 1 aliphatic rings. The SMILES string of the molecule is COc1c[nH]c(CN2CCCC(CCc3ccccc3C)C2)cc1=O. The molecular weight excluding hydrogens is 312 g/mol. The van der Waals surface area contributed by atoms with Crippen molar-refractivity contribution in [1.82, 2.24) is 9.88 Å². The third-order valence-corrected chi connectivity index (χ3v) is 5.24. The minimum Gasteiger partial charge on any atom is -0.491 e. The molecule has 4 nitrogen and oxygen atoms in total. The van der Waals surface area contributed by atoms with Crippen molar-refractivity contribution >= 4 is 0 Å². The van der Waals surface area contributed by atoms with E-state index < -0.39 is 0 Å². The fourth-order valence-corrected chi connectivity index (χ4v) is 3.77. The fraction of sp³-hybridized carbons (Fsp3) is 0.476. The van der Waals surface area contributed by atoms with Gasteiger partial charge < -0.3 is 9.72 Å². The van der Waals surface area contributed by atoms with Gasteiger partial charge in [-0.3, -0.25) is 9.69 Å². The summed E-state index contributed by atoms with van der Waals surface area (Å²) in [6, 6.07) is 10.3. The summed E-state index contributed by atoms with van der Waals surface area (Å²) >= 11 is 0. The Kier molecular flexibility index (Phi) is 5.92. The molecule has 2 heterocycles. The van der Waals surface area contributed by atoms with E-state index in [1.54, 1.807) is 12.3 Å². The molecule has 3 rings (SSSR count). The highest BCUT2D eigenvalue weighted by atomic mass is 16.5. The van der Waals surface area contributed by atoms with Crippen molar-refractivity contribution in [1.29, 1.82) is 0 Å². The molecule has 0 aliphatic carbocycles. The van der Waals surface area contributed by atoms with Crippen LogP contribution < -0.4 is 10.2 Å². The number of hydrogen-bond donors (Lipinski definition) is 1. The van der Waals surface area contributed by atoms with Crippen molar-refractivity contribution in [3.8, 4) is 5.75 Å². The number of aryl methyl sites for hydroxylation is 2. The summed E-state index contributed by atoms with van der Waals surface area (Å²) in [6.45, 7) is 5.22. The van der Waals surface area contributed by atoms with Crippen LogP contribution >= 0.6 is 0 Å². The van der Waals surface area contributed by atoms with Crippen molar-refractivity contribution < 1.29 is 4.74 Å². The highest BCUT2D eigenvalue weighted by Gasteiger charge is 2.20. The molecule has 1 unspecified atom stereocenters. The van der Waals surface area contributed by atoms with Crippen LogP contribution in [-0.4, -0.2) is 30.1 Å². The lowest BCUT2D eigenvalue weighted by atomic mass is 9.90. The summed E-state index contributed by atoms with van der Waals surface area (Å²) in [5.41, 5.74) is 3.78. The number of piperidine rings is 1. The second kappa shape index (κ2) is 8.34. The average Bonchev–Trinajstić information content (AvgIpc) is 2.62. The van der Waals surface area contributed by atoms with Gasteiger partial charge in [-0.2, -0.15) is 0 Å². The largest absolute Gasteiger partial charge is 0.491 e. The number of H-pyrrole nitrogens is 1. The Hall–Kier alpha value is -2.07. The number of benzene rings is 1. The maximum Gasteiger partial charge on any atom is 0.223 e. The number of pyridine rings is 1. The summed E-state index contributed by atoms with van der Waals surface area (Å²) in [5, 5.41) is 0. The van der Waals surface area contributed by atoms with Crippen LogP contribution in [0.15, 0.2) is 41.3 Å². The second-order valence-electron chi connectivity index (χ2n) is 7.10. The van der Waals surface area contributed by atoms with Crippen LogP contribution in [0.2, 0.25) is 0 Å². The lowest BCUT2D eigenvalue weighted by molar-refractivity contribution is 0.160. The predicted molar refractivity (Wildman–Crippen MR) is 101 cm³/mol. The number of nitrogens with zero attached hydrogens (tertiary/aromatic N) is 1. The molecule has 4 heteroatoms. The van der Waals surface area contributed by atoms with Crippen LogP contribution in [0.4, 0.5) is 0 Å². The summed E-state index contributed by atoms with van der Waals surface area (Å²) in [7, 11) is 1.52. The number of aromatic nitrogens is 1. The zero-order valence-electron chi connectivity index (χ0n) is 15.3. The van der Waals surface area contributed by atoms with Crippen molar-refractivity contribution in [2.75, 3.05) is 20.2 Å². The van der Waals surface area contributed by atoms with Crippen LogP contribution in [0.1, 0.15) is 36.1 Å². The Bertz CT molecular complexity index is 754. The van der Waals surface area contributed by atoms with Crippen molar-refractivity contribution in [2.45, 2.75) is 39.2 Å². The third kappa shape index (κ3) is 4.73. The molecule has 1 fully saturated rings. The van der Waals surface area contributed by atoms with E-state index in [1.165, 1.54) is 37.5 Å². The third-order valence-electron chi connectivity index (χ3n) is 5.24. The molecule has 0 amide bonds. The number of methoxy groups -OCH3 is 1. The van der Waals surface area contributed by atoms with E-state index in [-0.39, 0.29) is 5.43 Å². The van der Waals surface area contributed by atoms with Crippen LogP contribution in [0.25, 0.3) is 0 Å². The van der Waals surface area contributed by atoms with E-state index >= 15 is 0 Å². The van der Waals surface area contributed by atoms with Gasteiger partial charge in [0.15, 0.2) is 5.75 Å². The molecule has 134 valence electrons. The molecule has 2 aromatic rings. The molecule has 1 saturated heterocycles. The summed E-state index contributed by atoms with van der Waals surface area (Å²) in [4.78, 5) is 17.6. The van der Waals surface area contributed by atoms with Gasteiger partial charge in [0.25, 0.3) is 0 Å². The fourth-order valence-electron chi connectivity index (χ4n) is 3.77. The molecule has 0 radical (unpaired) electrons. The van der Waals surface area contributed by atoms with Gasteiger partial charge in [-0.25, -0.2) is 0 Å². The normalized spacial score (nSPS) is 18.2. The van der Waals surface area contributed by atoms with Gasteiger partial charge in [0.05, 0.1) is 7.11 Å². The first-order valence-corrected chi connectivity index (χ1v) is 9.18. The van der Waals surface area contributed by atoms with Gasteiger partial charge in [0.1, 0.15) is 0 Å². The monoisotopic (exact) mass is 340 g/mol. The van der Waals surface area contributed by atoms with Gasteiger partial charge >= 0.3 is 0 Å². The molecule has 1 atom stereocenters. The lowest BCUT2D eigenvalue weighted by Gasteiger charge is -2.32. The Labute approximate surface area is 149 Å². The zero-order chi connectivity index (χ0) is 17.6. The number of rotatable bonds is 6. The second-order valence-corrected chi connectivity index (χ2v) is 7.10. The van der Waals surface area contributed by atoms with Crippen LogP contribution in [0.3, 0.4) is 0 Å². The minimum atomic E-state index is -0.0515. The van der Waals surface area contributed by atoms with Crippen molar-refractivity contribution in [3.63, 3.8) is 0 Å². The Morgan fingerprint density at radius 2 is 2.16 bits per heavy atom. The molecule has 1 aliphatic heterocycles. The van der Waals surface area contributed by atoms with Gasteiger partial charge in [0, 0.05) is 31.0 Å². The van der Waals surface area contributed by atoms with E-state index in [0.717, 1.165) is 37.7 Å². The first-order valence-electron chi connectivity index (χ1n) is 9.18. The van der Waals surface area contributed by atoms with E-state index in [0.29, 0.717) is 5.75 Å². The quantitative estimate of drug-likeness (QED) is 0.875. The van der Waals surface area contributed by atoms with E-state index in [1.807, 2.05) is 0 Å². The summed E-state index contributed by atoms with van der Waals surface area (Å²) < 4.78 is 5.03. The topological polar surface area (TPSA) is 45.3 Å². The number of likely N-dealkylation sites (tertiary alicyclic amines) is 1. The zero-order valence-corrected chi connectivity index (χ0v) is 15.3. The minimum absolute atomic E-state index is 0.0515. The molecule has 1 aromatic carbocycles. The average molecular weight is 340 g/mol. The molecule has 1 aromatic heterocycles. The van der Waals surface area contributed by atoms with Crippen LogP contribution in [0.5, 0.6) is 5.75 Å². The van der Waals surface area contributed by atoms with Gasteiger partial charge in [-0.15, -0.1) is 0 Å². The van der Waals surface area contributed by atoms with Crippen molar-refractivity contribution in [2.24, 2.45) is 5.92 Å². The van der Waals surface area contributed by atoms with Crippen molar-refractivity contribution in [3.05, 3.63) is 63.6 Å². The van der Waals surface area contributed by atoms with E-state index in [2.05, 4.69) is 41.1 Å². The molecule has 1 N–H and O–H groups in total. The molecule has 0 saturated carbocycles. The Morgan fingerprint density at radius 1 is 1.32 bits per heavy atom. The number of aromatic amines is 1. The molecular formula is C21H28N2O2. The first-order chi connectivity index (χ1) is 12.2. The summed E-state index contributed by atoms with van der Waals surface area (Å²) in [6.07, 6.45) is 6.60. The van der Waals surface area contributed by atoms with Crippen LogP contribution in [0, 0.1) is 12.8 Å². The smallest absolute Gasteiger partial charge is 0.223 e. The Balaban J connectivity index is 1.55. The number of nitrogens with one attached hydrogen (secondary N) is 1. The number of hydrogen-bond acceptors (Lipinski definition) is 3. The highest BCUT2D eigenvalue weighted by Crippen LogP contribution is 2.23. The highest BCUT2D eigenvalue weighted by molar-refractivity contribution is 5.25. The standard InChI is InChI=1S/C21H28N2O2/c1-16-6-3-4-8-18(16)10-9-17-7-5-11-23(14-17)15-19-12-20(24)21(25-2)13-22-19/h3-4,6,8,12-13,17H,5,7,9-11,14-15H2,1-2H3,(H,22,24). The van der Waals surface area contributed by atoms with Gasteiger partial charge in [-0.1, -0.05) is 24.3 Å². The Morgan fingerprint density at radius 3 is 2.92 bits per heavy atom. The number of ether oxygens (including phenoxy) is 1. The maximum absolute atomic E-state index is 11.9. The van der Waals surface area contributed by atoms with Gasteiger partial charge in [0.2, 0.25) is 5.43 Å². The maximum atomic E-state index is 11.9. The van der Waals surface area contributed by atoms with Crippen LogP contribution in [-0.2, 0) is 13.0 Å². The van der Waals surface area contributed by atoms with Gasteiger partial charge in [-0.05, 0) is 56.2 Å². The lowest BCUT2D eigenvalue weighted by Crippen LogP contribution is -2.35. The molecule has 0 bridgehead atoms. The van der Waals surface area contributed by atoms with E-state index in [4.69, 9.17) is 4.74 Å².